The fourth-order valence-electron chi connectivity index (χ4n) is 2.35. The number of aliphatic imine (C=N–C) groups is 1. The number of anilines is 1. The first-order valence-corrected chi connectivity index (χ1v) is 7.56. The molecule has 1 aliphatic carbocycles. The van der Waals surface area contributed by atoms with Crippen molar-refractivity contribution < 1.29 is 19.5 Å². The van der Waals surface area contributed by atoms with E-state index in [2.05, 4.69) is 10.3 Å². The molecule has 0 radical (unpaired) electrons. The molecule has 0 saturated carbocycles. The molecule has 6 heteroatoms. The summed E-state index contributed by atoms with van der Waals surface area (Å²) in [5, 5.41) is 13.0. The normalized spacial score (nSPS) is 15.5. The largest absolute Gasteiger partial charge is 0.504 e. The van der Waals surface area contributed by atoms with Crippen LogP contribution in [0.4, 0.5) is 11.4 Å². The average molecular weight is 334 g/mol. The highest BCUT2D eigenvalue weighted by atomic mass is 16.3. The summed E-state index contributed by atoms with van der Waals surface area (Å²) in [6.07, 6.45) is -0.627. The highest BCUT2D eigenvalue weighted by Gasteiger charge is 2.36. The lowest BCUT2D eigenvalue weighted by Gasteiger charge is -2.17. The monoisotopic (exact) mass is 334 g/mol. The Kier molecular flexibility index (Phi) is 4.52. The van der Waals surface area contributed by atoms with E-state index in [4.69, 9.17) is 0 Å². The quantitative estimate of drug-likeness (QED) is 0.389. The molecule has 0 unspecified atom stereocenters. The third-order valence-corrected chi connectivity index (χ3v) is 3.57. The van der Waals surface area contributed by atoms with Gasteiger partial charge in [0.05, 0.1) is 12.1 Å². The number of amidine groups is 1. The van der Waals surface area contributed by atoms with Crippen LogP contribution in [-0.4, -0.2) is 28.3 Å². The van der Waals surface area contributed by atoms with Crippen LogP contribution in [0.2, 0.25) is 0 Å². The molecule has 2 aromatic carbocycles. The molecule has 0 fully saturated rings. The van der Waals surface area contributed by atoms with E-state index < -0.39 is 35.1 Å². The topological polar surface area (TPSA) is 95.8 Å². The Labute approximate surface area is 143 Å². The van der Waals surface area contributed by atoms with E-state index in [0.29, 0.717) is 11.4 Å². The Morgan fingerprint density at radius 2 is 1.48 bits per heavy atom. The number of nitrogens with zero attached hydrogens (tertiary/aromatic N) is 1. The van der Waals surface area contributed by atoms with Gasteiger partial charge in [0.25, 0.3) is 0 Å². The van der Waals surface area contributed by atoms with Gasteiger partial charge in [0, 0.05) is 5.69 Å². The zero-order valence-corrected chi connectivity index (χ0v) is 13.1. The summed E-state index contributed by atoms with van der Waals surface area (Å²) in [4.78, 5) is 40.1. The van der Waals surface area contributed by atoms with Gasteiger partial charge in [-0.15, -0.1) is 0 Å². The van der Waals surface area contributed by atoms with Gasteiger partial charge in [-0.2, -0.15) is 0 Å². The van der Waals surface area contributed by atoms with E-state index in [1.165, 1.54) is 0 Å². The first-order valence-electron chi connectivity index (χ1n) is 7.56. The minimum atomic E-state index is -0.935. The van der Waals surface area contributed by atoms with E-state index >= 15 is 0 Å². The molecule has 2 aromatic rings. The zero-order valence-electron chi connectivity index (χ0n) is 13.1. The van der Waals surface area contributed by atoms with Crippen LogP contribution in [0.3, 0.4) is 0 Å². The first-order chi connectivity index (χ1) is 12.1. The second-order valence-corrected chi connectivity index (χ2v) is 5.36. The average Bonchev–Trinajstić information content (AvgIpc) is 2.62. The molecule has 124 valence electrons. The van der Waals surface area contributed by atoms with Crippen LogP contribution in [0.25, 0.3) is 0 Å². The second-order valence-electron chi connectivity index (χ2n) is 5.36. The molecule has 0 bridgehead atoms. The minimum Gasteiger partial charge on any atom is -0.504 e. The molecule has 0 amide bonds. The lowest BCUT2D eigenvalue weighted by Crippen LogP contribution is -2.34. The number of carbonyl (C=O) groups is 3. The summed E-state index contributed by atoms with van der Waals surface area (Å²) in [6.45, 7) is 0. The molecule has 6 nitrogen and oxygen atoms in total. The molecular formula is C19H14N2O4. The van der Waals surface area contributed by atoms with Gasteiger partial charge in [-0.25, -0.2) is 4.99 Å². The summed E-state index contributed by atoms with van der Waals surface area (Å²) >= 11 is 0. The summed E-state index contributed by atoms with van der Waals surface area (Å²) in [5.41, 5.74) is 0.684. The molecule has 0 saturated heterocycles. The van der Waals surface area contributed by atoms with Crippen molar-refractivity contribution in [1.29, 1.82) is 0 Å². The number of nitrogens with one attached hydrogen (secondary N) is 1. The Balaban J connectivity index is 2.12. The minimum absolute atomic E-state index is 0.0544. The van der Waals surface area contributed by atoms with Crippen LogP contribution >= 0.6 is 0 Å². The van der Waals surface area contributed by atoms with Gasteiger partial charge in [0.2, 0.25) is 17.3 Å². The number of carbonyl (C=O) groups excluding carboxylic acids is 3. The molecule has 0 spiro atoms. The zero-order chi connectivity index (χ0) is 17.8. The highest BCUT2D eigenvalue weighted by Crippen LogP contribution is 2.21. The predicted molar refractivity (Wildman–Crippen MR) is 92.9 cm³/mol. The van der Waals surface area contributed by atoms with Crippen molar-refractivity contribution in [2.75, 3.05) is 5.32 Å². The fourth-order valence-corrected chi connectivity index (χ4v) is 2.35. The van der Waals surface area contributed by atoms with Crippen molar-refractivity contribution in [1.82, 2.24) is 0 Å². The maximum atomic E-state index is 12.3. The highest BCUT2D eigenvalue weighted by molar-refractivity contribution is 6.56. The number of ketones is 3. The first kappa shape index (κ1) is 16.3. The number of rotatable bonds is 3. The molecule has 0 atom stereocenters. The van der Waals surface area contributed by atoms with E-state index in [-0.39, 0.29) is 5.84 Å². The summed E-state index contributed by atoms with van der Waals surface area (Å²) in [5.74, 6) is -3.40. The van der Waals surface area contributed by atoms with Crippen molar-refractivity contribution in [3.8, 4) is 0 Å². The predicted octanol–water partition coefficient (Wildman–Crippen LogP) is 2.75. The Bertz CT molecular complexity index is 900. The van der Waals surface area contributed by atoms with Gasteiger partial charge in [0.1, 0.15) is 11.4 Å². The summed E-state index contributed by atoms with van der Waals surface area (Å²) < 4.78 is 0. The molecule has 1 aliphatic rings. The van der Waals surface area contributed by atoms with Gasteiger partial charge in [0.15, 0.2) is 5.76 Å². The molecule has 25 heavy (non-hydrogen) atoms. The molecule has 0 heterocycles. The summed E-state index contributed by atoms with van der Waals surface area (Å²) in [6, 6.07) is 17.5. The number of hydrogen-bond acceptors (Lipinski definition) is 5. The number of allylic oxidation sites excluding steroid dienone is 1. The van der Waals surface area contributed by atoms with Crippen molar-refractivity contribution in [3.63, 3.8) is 0 Å². The molecule has 3 rings (SSSR count). The Hall–Kier alpha value is -3.54. The number of benzene rings is 2. The number of Topliss-reactive ketones (excluding diaryl/α,β-unsaturated/α-hetero) is 3. The Morgan fingerprint density at radius 1 is 0.880 bits per heavy atom. The van der Waals surface area contributed by atoms with Crippen LogP contribution in [0.15, 0.2) is 77.0 Å². The van der Waals surface area contributed by atoms with Gasteiger partial charge in [-0.05, 0) is 24.3 Å². The van der Waals surface area contributed by atoms with E-state index in [1.807, 2.05) is 6.07 Å². The smallest absolute Gasteiger partial charge is 0.236 e. The molecule has 2 N–H and O–H groups in total. The molecule has 0 aliphatic heterocycles. The van der Waals surface area contributed by atoms with Crippen molar-refractivity contribution in [2.24, 2.45) is 4.99 Å². The van der Waals surface area contributed by atoms with E-state index in [0.717, 1.165) is 0 Å². The standard InChI is InChI=1S/C19H14N2O4/c22-14-11-15(23)18(25)16(17(14)24)19(20-12-7-3-1-4-8-12)21-13-9-5-2-6-10-13/h1-10,24H,11H2,(H,20,21). The van der Waals surface area contributed by atoms with Crippen LogP contribution in [0, 0.1) is 0 Å². The van der Waals surface area contributed by atoms with E-state index in [1.54, 1.807) is 54.6 Å². The number of hydrogen-bond donors (Lipinski definition) is 2. The Morgan fingerprint density at radius 3 is 2.12 bits per heavy atom. The van der Waals surface area contributed by atoms with Gasteiger partial charge >= 0.3 is 0 Å². The van der Waals surface area contributed by atoms with Crippen molar-refractivity contribution in [2.45, 2.75) is 6.42 Å². The third kappa shape index (κ3) is 3.53. The lowest BCUT2D eigenvalue weighted by molar-refractivity contribution is -0.138. The van der Waals surface area contributed by atoms with Crippen LogP contribution in [0.1, 0.15) is 6.42 Å². The summed E-state index contributed by atoms with van der Waals surface area (Å²) in [7, 11) is 0. The number of aliphatic hydroxyl groups excluding tert-OH is 1. The van der Waals surface area contributed by atoms with Crippen LogP contribution in [-0.2, 0) is 14.4 Å². The fraction of sp³-hybridized carbons (Fsp3) is 0.0526. The van der Waals surface area contributed by atoms with Gasteiger partial charge in [-0.1, -0.05) is 36.4 Å². The van der Waals surface area contributed by atoms with Crippen molar-refractivity contribution >= 4 is 34.6 Å². The van der Waals surface area contributed by atoms with E-state index in [9.17, 15) is 19.5 Å². The third-order valence-electron chi connectivity index (χ3n) is 3.57. The SMILES string of the molecule is O=C1CC(=O)C(O)=C(C(=Nc2ccccc2)Nc2ccccc2)C1=O. The van der Waals surface area contributed by atoms with Crippen LogP contribution in [0.5, 0.6) is 0 Å². The van der Waals surface area contributed by atoms with Gasteiger partial charge < -0.3 is 10.4 Å². The maximum absolute atomic E-state index is 12.3. The molecule has 0 aromatic heterocycles. The van der Waals surface area contributed by atoms with Crippen LogP contribution < -0.4 is 5.32 Å². The molecular weight excluding hydrogens is 320 g/mol. The van der Waals surface area contributed by atoms with Crippen molar-refractivity contribution in [3.05, 3.63) is 72.0 Å². The maximum Gasteiger partial charge on any atom is 0.236 e. The van der Waals surface area contributed by atoms with Gasteiger partial charge in [-0.3, -0.25) is 14.4 Å². The number of para-hydroxylation sites is 2. The lowest BCUT2D eigenvalue weighted by atomic mass is 9.93. The number of aliphatic hydroxyl groups is 1. The second kappa shape index (κ2) is 6.92.